The van der Waals surface area contributed by atoms with Gasteiger partial charge < -0.3 is 9.84 Å². The molecular weight excluding hydrogens is 328 g/mol. The van der Waals surface area contributed by atoms with Crippen LogP contribution < -0.4 is 4.74 Å². The number of rotatable bonds is 4. The van der Waals surface area contributed by atoms with Crippen molar-refractivity contribution in [2.75, 3.05) is 0 Å². The lowest BCUT2D eigenvalue weighted by atomic mass is 10.1. The van der Waals surface area contributed by atoms with E-state index in [0.717, 1.165) is 26.7 Å². The van der Waals surface area contributed by atoms with E-state index < -0.39 is 0 Å². The monoisotopic (exact) mass is 342 g/mol. The van der Waals surface area contributed by atoms with E-state index >= 15 is 0 Å². The normalized spacial score (nSPS) is 10.8. The molecule has 0 aliphatic rings. The van der Waals surface area contributed by atoms with Crippen LogP contribution in [0.2, 0.25) is 0 Å². The molecule has 0 fully saturated rings. The van der Waals surface area contributed by atoms with E-state index in [0.29, 0.717) is 6.61 Å². The molecule has 3 aromatic rings. The molecule has 0 heterocycles. The van der Waals surface area contributed by atoms with Crippen LogP contribution in [0.1, 0.15) is 11.1 Å². The number of aliphatic hydroxyl groups excluding tert-OH is 1. The van der Waals surface area contributed by atoms with E-state index in [1.807, 2.05) is 42.5 Å². The third-order valence-electron chi connectivity index (χ3n) is 3.38. The molecule has 0 aliphatic carbocycles. The topological polar surface area (TPSA) is 29.5 Å². The van der Waals surface area contributed by atoms with Gasteiger partial charge in [-0.1, -0.05) is 52.3 Å². The summed E-state index contributed by atoms with van der Waals surface area (Å²) in [5.41, 5.74) is 2.00. The third kappa shape index (κ3) is 3.43. The molecule has 106 valence electrons. The average Bonchev–Trinajstić information content (AvgIpc) is 2.53. The number of hydrogen-bond acceptors (Lipinski definition) is 2. The van der Waals surface area contributed by atoms with E-state index in [1.54, 1.807) is 0 Å². The second-order valence-electron chi connectivity index (χ2n) is 4.92. The molecule has 0 unspecified atom stereocenters. The summed E-state index contributed by atoms with van der Waals surface area (Å²) < 4.78 is 6.91. The Kier molecular flexibility index (Phi) is 4.23. The summed E-state index contributed by atoms with van der Waals surface area (Å²) in [6, 6.07) is 20.1. The molecule has 0 spiro atoms. The Morgan fingerprint density at radius 2 is 1.48 bits per heavy atom. The Balaban J connectivity index is 1.73. The summed E-state index contributed by atoms with van der Waals surface area (Å²) in [6.07, 6.45) is 0. The Morgan fingerprint density at radius 1 is 0.810 bits per heavy atom. The molecule has 1 N–H and O–H groups in total. The second kappa shape index (κ2) is 6.29. The Hall–Kier alpha value is -1.84. The molecule has 3 rings (SSSR count). The highest BCUT2D eigenvalue weighted by atomic mass is 79.9. The van der Waals surface area contributed by atoms with Gasteiger partial charge in [-0.3, -0.25) is 0 Å². The van der Waals surface area contributed by atoms with Crippen molar-refractivity contribution in [2.24, 2.45) is 0 Å². The first-order valence-corrected chi connectivity index (χ1v) is 7.55. The molecule has 0 saturated carbocycles. The van der Waals surface area contributed by atoms with Crippen molar-refractivity contribution in [1.82, 2.24) is 0 Å². The summed E-state index contributed by atoms with van der Waals surface area (Å²) in [4.78, 5) is 0. The van der Waals surface area contributed by atoms with E-state index in [4.69, 9.17) is 9.84 Å². The number of hydrogen-bond donors (Lipinski definition) is 1. The predicted molar refractivity (Wildman–Crippen MR) is 88.3 cm³/mol. The number of fused-ring (bicyclic) bond motifs is 1. The lowest BCUT2D eigenvalue weighted by Crippen LogP contribution is -1.95. The standard InChI is InChI=1S/C18H15BrO2/c19-17-7-5-16-10-18(8-6-15(16)9-17)21-12-14-3-1-13(11-20)2-4-14/h1-10,20H,11-12H2. The van der Waals surface area contributed by atoms with Gasteiger partial charge >= 0.3 is 0 Å². The van der Waals surface area contributed by atoms with Crippen molar-refractivity contribution in [2.45, 2.75) is 13.2 Å². The van der Waals surface area contributed by atoms with Crippen molar-refractivity contribution >= 4 is 26.7 Å². The minimum Gasteiger partial charge on any atom is -0.489 e. The molecule has 0 radical (unpaired) electrons. The largest absolute Gasteiger partial charge is 0.489 e. The summed E-state index contributed by atoms with van der Waals surface area (Å²) in [5, 5.41) is 11.4. The number of ether oxygens (including phenoxy) is 1. The lowest BCUT2D eigenvalue weighted by Gasteiger charge is -2.08. The molecule has 21 heavy (non-hydrogen) atoms. The fourth-order valence-corrected chi connectivity index (χ4v) is 2.57. The molecular formula is C18H15BrO2. The fourth-order valence-electron chi connectivity index (χ4n) is 2.19. The molecule has 0 atom stereocenters. The van der Waals surface area contributed by atoms with Crippen LogP contribution in [0.15, 0.2) is 65.1 Å². The first kappa shape index (κ1) is 14.1. The van der Waals surface area contributed by atoms with E-state index in [2.05, 4.69) is 34.1 Å². The maximum Gasteiger partial charge on any atom is 0.120 e. The summed E-state index contributed by atoms with van der Waals surface area (Å²) in [6.45, 7) is 0.592. The van der Waals surface area contributed by atoms with Gasteiger partial charge in [0.2, 0.25) is 0 Å². The minimum atomic E-state index is 0.0708. The molecule has 0 amide bonds. The van der Waals surface area contributed by atoms with Crippen LogP contribution in [0.4, 0.5) is 0 Å². The third-order valence-corrected chi connectivity index (χ3v) is 3.88. The molecule has 3 heteroatoms. The Morgan fingerprint density at radius 3 is 2.24 bits per heavy atom. The van der Waals surface area contributed by atoms with Crippen molar-refractivity contribution in [3.8, 4) is 5.75 Å². The molecule has 0 aromatic heterocycles. The van der Waals surface area contributed by atoms with Gasteiger partial charge in [0.25, 0.3) is 0 Å². The van der Waals surface area contributed by atoms with Crippen molar-refractivity contribution < 1.29 is 9.84 Å². The Bertz CT molecular complexity index is 751. The van der Waals surface area contributed by atoms with Gasteiger partial charge in [-0.2, -0.15) is 0 Å². The Labute approximate surface area is 132 Å². The van der Waals surface area contributed by atoms with Crippen molar-refractivity contribution in [3.63, 3.8) is 0 Å². The summed E-state index contributed by atoms with van der Waals surface area (Å²) in [7, 11) is 0. The second-order valence-corrected chi connectivity index (χ2v) is 5.83. The van der Waals surface area contributed by atoms with Gasteiger partial charge in [0.15, 0.2) is 0 Å². The molecule has 0 saturated heterocycles. The fraction of sp³-hybridized carbons (Fsp3) is 0.111. The van der Waals surface area contributed by atoms with Crippen LogP contribution in [0.5, 0.6) is 5.75 Å². The van der Waals surface area contributed by atoms with Crippen LogP contribution in [0.25, 0.3) is 10.8 Å². The highest BCUT2D eigenvalue weighted by Gasteiger charge is 2.00. The average molecular weight is 343 g/mol. The number of benzene rings is 3. The van der Waals surface area contributed by atoms with Crippen molar-refractivity contribution in [1.29, 1.82) is 0 Å². The van der Waals surface area contributed by atoms with E-state index in [9.17, 15) is 0 Å². The van der Waals surface area contributed by atoms with Crippen LogP contribution in [0.3, 0.4) is 0 Å². The minimum absolute atomic E-state index is 0.0708. The van der Waals surface area contributed by atoms with E-state index in [-0.39, 0.29) is 6.61 Å². The van der Waals surface area contributed by atoms with Gasteiger partial charge in [0.05, 0.1) is 6.61 Å². The maximum absolute atomic E-state index is 9.02. The highest BCUT2D eigenvalue weighted by molar-refractivity contribution is 9.10. The van der Waals surface area contributed by atoms with Crippen molar-refractivity contribution in [3.05, 3.63) is 76.3 Å². The van der Waals surface area contributed by atoms with Gasteiger partial charge in [-0.25, -0.2) is 0 Å². The van der Waals surface area contributed by atoms with Crippen LogP contribution in [-0.2, 0) is 13.2 Å². The zero-order chi connectivity index (χ0) is 14.7. The quantitative estimate of drug-likeness (QED) is 0.746. The van der Waals surface area contributed by atoms with Crippen LogP contribution in [-0.4, -0.2) is 5.11 Å². The molecule has 0 bridgehead atoms. The van der Waals surface area contributed by atoms with Gasteiger partial charge in [-0.05, 0) is 46.2 Å². The molecule has 3 aromatic carbocycles. The zero-order valence-electron chi connectivity index (χ0n) is 11.4. The van der Waals surface area contributed by atoms with Gasteiger partial charge in [-0.15, -0.1) is 0 Å². The molecule has 0 aliphatic heterocycles. The van der Waals surface area contributed by atoms with Gasteiger partial charge in [0, 0.05) is 4.47 Å². The highest BCUT2D eigenvalue weighted by Crippen LogP contribution is 2.24. The summed E-state index contributed by atoms with van der Waals surface area (Å²) in [5.74, 6) is 0.857. The predicted octanol–water partition coefficient (Wildman–Crippen LogP) is 4.67. The first-order valence-electron chi connectivity index (χ1n) is 6.75. The maximum atomic E-state index is 9.02. The smallest absolute Gasteiger partial charge is 0.120 e. The SMILES string of the molecule is OCc1ccc(COc2ccc3cc(Br)ccc3c2)cc1. The van der Waals surface area contributed by atoms with Crippen LogP contribution >= 0.6 is 15.9 Å². The number of halogens is 1. The van der Waals surface area contributed by atoms with E-state index in [1.165, 1.54) is 5.39 Å². The summed E-state index contributed by atoms with van der Waals surface area (Å²) >= 11 is 3.47. The zero-order valence-corrected chi connectivity index (χ0v) is 13.0. The number of aliphatic hydroxyl groups is 1. The molecule has 2 nitrogen and oxygen atoms in total. The first-order chi connectivity index (χ1) is 10.2. The van der Waals surface area contributed by atoms with Gasteiger partial charge in [0.1, 0.15) is 12.4 Å². The lowest BCUT2D eigenvalue weighted by molar-refractivity contribution is 0.281. The van der Waals surface area contributed by atoms with Crippen LogP contribution in [0, 0.1) is 0 Å².